The summed E-state index contributed by atoms with van der Waals surface area (Å²) < 4.78 is 9.24. The fourth-order valence-corrected chi connectivity index (χ4v) is 1.79. The fraction of sp³-hybridized carbons (Fsp3) is 0.222. The van der Waals surface area contributed by atoms with Crippen molar-refractivity contribution in [2.24, 2.45) is 5.16 Å². The van der Waals surface area contributed by atoms with Crippen molar-refractivity contribution in [3.63, 3.8) is 0 Å². The molecule has 0 aliphatic carbocycles. The lowest BCUT2D eigenvalue weighted by Gasteiger charge is -2.02. The Hall–Kier alpha value is -0.430. The smallest absolute Gasteiger partial charge is 0.374 e. The number of nitrogens with zero attached hydrogens (tertiary/aromatic N) is 1. The van der Waals surface area contributed by atoms with Crippen LogP contribution in [-0.4, -0.2) is 29.1 Å². The van der Waals surface area contributed by atoms with E-state index in [1.165, 1.54) is 6.21 Å². The Labute approximate surface area is 109 Å². The van der Waals surface area contributed by atoms with Crippen LogP contribution in [-0.2, 0) is 21.2 Å². The molecular weight excluding hydrogens is 281 g/mol. The van der Waals surface area contributed by atoms with Crippen molar-refractivity contribution < 1.29 is 19.1 Å². The van der Waals surface area contributed by atoms with Gasteiger partial charge in [0.15, 0.2) is 0 Å². The molecule has 0 amide bonds. The molecule has 0 fully saturated rings. The Morgan fingerprint density at radius 2 is 2.06 bits per heavy atom. The summed E-state index contributed by atoms with van der Waals surface area (Å²) in [5.74, 6) is 0.592. The van der Waals surface area contributed by atoms with E-state index in [4.69, 9.17) is 14.5 Å². The van der Waals surface area contributed by atoms with Gasteiger partial charge in [-0.05, 0) is 17.7 Å². The van der Waals surface area contributed by atoms with E-state index < -0.39 is 6.72 Å². The first-order valence-electron chi connectivity index (χ1n) is 4.51. The Morgan fingerprint density at radius 3 is 2.59 bits per heavy atom. The normalized spacial score (nSPS) is 11.9. The molecule has 17 heavy (non-hydrogen) atoms. The highest BCUT2D eigenvalue weighted by Crippen LogP contribution is 2.36. The van der Waals surface area contributed by atoms with E-state index in [0.717, 1.165) is 10.5 Å². The molecular formula is C9H12NO4PS2. The van der Waals surface area contributed by atoms with Crippen LogP contribution in [0.3, 0.4) is 0 Å². The molecule has 1 aromatic carbocycles. The molecule has 0 aliphatic heterocycles. The Balaban J connectivity index is 2.53. The van der Waals surface area contributed by atoms with E-state index in [0.29, 0.717) is 5.94 Å². The van der Waals surface area contributed by atoms with Crippen LogP contribution >= 0.6 is 18.5 Å². The second-order valence-corrected chi connectivity index (χ2v) is 6.49. The maximum absolute atomic E-state index is 8.77. The van der Waals surface area contributed by atoms with Gasteiger partial charge in [-0.2, -0.15) is 0 Å². The zero-order chi connectivity index (χ0) is 12.7. The summed E-state index contributed by atoms with van der Waals surface area (Å²) in [5, 5.41) is 3.39. The van der Waals surface area contributed by atoms with E-state index in [1.54, 1.807) is 18.9 Å². The number of thioether (sulfide) groups is 1. The zero-order valence-electron chi connectivity index (χ0n) is 9.02. The van der Waals surface area contributed by atoms with Crippen LogP contribution in [0.15, 0.2) is 34.3 Å². The van der Waals surface area contributed by atoms with E-state index >= 15 is 0 Å². The summed E-state index contributed by atoms with van der Waals surface area (Å²) in [6.07, 6.45) is 1.36. The van der Waals surface area contributed by atoms with Gasteiger partial charge in [-0.1, -0.05) is 29.1 Å². The third-order valence-corrected chi connectivity index (χ3v) is 3.04. The van der Waals surface area contributed by atoms with Crippen molar-refractivity contribution in [2.75, 3.05) is 13.0 Å². The average molecular weight is 293 g/mol. The molecule has 0 atom stereocenters. The first kappa shape index (κ1) is 14.6. The molecule has 5 nitrogen and oxygen atoms in total. The van der Waals surface area contributed by atoms with Gasteiger partial charge in [0, 0.05) is 23.8 Å². The maximum atomic E-state index is 8.77. The minimum absolute atomic E-state index is 0.592. The fourth-order valence-electron chi connectivity index (χ4n) is 0.923. The average Bonchev–Trinajstić information content (AvgIpc) is 2.26. The Morgan fingerprint density at radius 1 is 1.41 bits per heavy atom. The SMILES string of the molecule is COCSc1ccc(C=NOP(O)(O)=S)cc1. The molecule has 8 heteroatoms. The Kier molecular flexibility index (Phi) is 6.11. The van der Waals surface area contributed by atoms with Crippen molar-refractivity contribution >= 4 is 36.5 Å². The molecule has 2 N–H and O–H groups in total. The standard InChI is InChI=1S/C9H12NO4PS2/c1-13-7-17-9-4-2-8(3-5-9)6-10-14-15(11,12)16/h2-6H,7H2,1H3,(H2,11,12,16). The van der Waals surface area contributed by atoms with Gasteiger partial charge in [0.25, 0.3) is 0 Å². The van der Waals surface area contributed by atoms with Crippen molar-refractivity contribution in [1.82, 2.24) is 0 Å². The lowest BCUT2D eigenvalue weighted by Crippen LogP contribution is -1.85. The van der Waals surface area contributed by atoms with Gasteiger partial charge in [-0.25, -0.2) is 0 Å². The first-order valence-corrected chi connectivity index (χ1v) is 8.12. The van der Waals surface area contributed by atoms with Crippen LogP contribution in [0, 0.1) is 0 Å². The highest BCUT2D eigenvalue weighted by Gasteiger charge is 2.06. The number of hydrogen-bond donors (Lipinski definition) is 2. The lowest BCUT2D eigenvalue weighted by atomic mass is 10.2. The van der Waals surface area contributed by atoms with Crippen LogP contribution in [0.4, 0.5) is 0 Å². The van der Waals surface area contributed by atoms with Crippen LogP contribution in [0.2, 0.25) is 0 Å². The minimum Gasteiger partial charge on any atom is -0.374 e. The van der Waals surface area contributed by atoms with Crippen molar-refractivity contribution in [3.05, 3.63) is 29.8 Å². The quantitative estimate of drug-likeness (QED) is 0.275. The molecule has 0 unspecified atom stereocenters. The molecule has 0 aliphatic rings. The van der Waals surface area contributed by atoms with E-state index in [1.807, 2.05) is 24.3 Å². The van der Waals surface area contributed by atoms with Crippen LogP contribution < -0.4 is 0 Å². The molecule has 0 saturated carbocycles. The largest absolute Gasteiger partial charge is 0.396 e. The number of benzene rings is 1. The number of methoxy groups -OCH3 is 1. The van der Waals surface area contributed by atoms with Crippen molar-refractivity contribution in [1.29, 1.82) is 0 Å². The zero-order valence-corrected chi connectivity index (χ0v) is 11.5. The molecule has 0 spiro atoms. The molecule has 0 aromatic heterocycles. The van der Waals surface area contributed by atoms with E-state index in [9.17, 15) is 0 Å². The van der Waals surface area contributed by atoms with Crippen LogP contribution in [0.1, 0.15) is 5.56 Å². The Bertz CT molecular complexity index is 418. The first-order chi connectivity index (χ1) is 8.01. The predicted octanol–water partition coefficient (Wildman–Crippen LogP) is 1.94. The summed E-state index contributed by atoms with van der Waals surface area (Å²) in [6, 6.07) is 7.45. The van der Waals surface area contributed by atoms with Crippen LogP contribution in [0.5, 0.6) is 0 Å². The monoisotopic (exact) mass is 293 g/mol. The summed E-state index contributed by atoms with van der Waals surface area (Å²) in [5.41, 5.74) is 0.773. The summed E-state index contributed by atoms with van der Waals surface area (Å²) >= 11 is 5.81. The van der Waals surface area contributed by atoms with E-state index in [2.05, 4.69) is 21.6 Å². The lowest BCUT2D eigenvalue weighted by molar-refractivity contribution is 0.259. The third kappa shape index (κ3) is 6.78. The van der Waals surface area contributed by atoms with Gasteiger partial charge in [-0.3, -0.25) is 0 Å². The number of ether oxygens (including phenoxy) is 1. The summed E-state index contributed by atoms with van der Waals surface area (Å²) in [4.78, 5) is 18.6. The topological polar surface area (TPSA) is 71.3 Å². The number of rotatable bonds is 6. The van der Waals surface area contributed by atoms with Crippen molar-refractivity contribution in [2.45, 2.75) is 4.90 Å². The van der Waals surface area contributed by atoms with Gasteiger partial charge in [0.1, 0.15) is 0 Å². The highest BCUT2D eigenvalue weighted by atomic mass is 32.5. The molecule has 0 saturated heterocycles. The molecule has 1 aromatic rings. The number of oxime groups is 1. The van der Waals surface area contributed by atoms with Crippen molar-refractivity contribution in [3.8, 4) is 0 Å². The highest BCUT2D eigenvalue weighted by molar-refractivity contribution is 8.06. The summed E-state index contributed by atoms with van der Waals surface area (Å²) in [7, 11) is 1.64. The van der Waals surface area contributed by atoms with Gasteiger partial charge < -0.3 is 19.1 Å². The van der Waals surface area contributed by atoms with E-state index in [-0.39, 0.29) is 0 Å². The molecule has 0 radical (unpaired) electrons. The second-order valence-electron chi connectivity index (χ2n) is 2.93. The maximum Gasteiger partial charge on any atom is 0.396 e. The second kappa shape index (κ2) is 7.10. The van der Waals surface area contributed by atoms with Crippen LogP contribution in [0.25, 0.3) is 0 Å². The van der Waals surface area contributed by atoms with Gasteiger partial charge in [-0.15, -0.1) is 0 Å². The molecule has 0 heterocycles. The summed E-state index contributed by atoms with van der Waals surface area (Å²) in [6.45, 7) is -3.71. The van der Waals surface area contributed by atoms with Gasteiger partial charge >= 0.3 is 6.72 Å². The molecule has 0 bridgehead atoms. The third-order valence-electron chi connectivity index (χ3n) is 1.58. The minimum atomic E-state index is -3.71. The molecule has 94 valence electrons. The predicted molar refractivity (Wildman–Crippen MR) is 71.6 cm³/mol. The molecule has 1 rings (SSSR count). The number of hydrogen-bond acceptors (Lipinski definition) is 5. The van der Waals surface area contributed by atoms with Gasteiger partial charge in [0.2, 0.25) is 0 Å². The van der Waals surface area contributed by atoms with Gasteiger partial charge in [0.05, 0.1) is 12.2 Å².